The molecule has 0 aliphatic carbocycles. The Morgan fingerprint density at radius 3 is 2.79 bits per heavy atom. The van der Waals surface area contributed by atoms with E-state index in [-0.39, 0.29) is 12.6 Å². The van der Waals surface area contributed by atoms with Gasteiger partial charge in [0.2, 0.25) is 0 Å². The number of rotatable bonds is 7. The third-order valence-electron chi connectivity index (χ3n) is 3.48. The maximum absolute atomic E-state index is 11.8. The Morgan fingerprint density at radius 1 is 1.25 bits per heavy atom. The second-order valence-electron chi connectivity index (χ2n) is 5.17. The van der Waals surface area contributed by atoms with E-state index in [1.807, 2.05) is 41.8 Å². The van der Waals surface area contributed by atoms with Crippen molar-refractivity contribution in [3.63, 3.8) is 0 Å². The van der Waals surface area contributed by atoms with E-state index in [1.165, 1.54) is 0 Å². The van der Waals surface area contributed by atoms with Crippen molar-refractivity contribution in [2.45, 2.75) is 19.4 Å². The van der Waals surface area contributed by atoms with Crippen LogP contribution in [0.2, 0.25) is 0 Å². The van der Waals surface area contributed by atoms with Gasteiger partial charge in [0.25, 0.3) is 0 Å². The summed E-state index contributed by atoms with van der Waals surface area (Å²) in [5.41, 5.74) is 1.67. The van der Waals surface area contributed by atoms with Crippen LogP contribution in [0.25, 0.3) is 10.6 Å². The first-order valence-electron chi connectivity index (χ1n) is 7.52. The van der Waals surface area contributed by atoms with Crippen molar-refractivity contribution in [2.75, 3.05) is 7.11 Å². The molecule has 5 nitrogen and oxygen atoms in total. The number of carbonyl (C=O) groups excluding carboxylic acids is 1. The largest absolute Gasteiger partial charge is 0.497 e. The molecule has 0 fully saturated rings. The summed E-state index contributed by atoms with van der Waals surface area (Å²) in [6, 6.07) is 13.3. The zero-order chi connectivity index (χ0) is 16.8. The van der Waals surface area contributed by atoms with E-state index < -0.39 is 0 Å². The van der Waals surface area contributed by atoms with Crippen LogP contribution in [-0.4, -0.2) is 18.2 Å². The zero-order valence-corrected chi connectivity index (χ0v) is 14.0. The van der Waals surface area contributed by atoms with Crippen molar-refractivity contribution in [1.29, 1.82) is 0 Å². The molecule has 0 saturated carbocycles. The van der Waals surface area contributed by atoms with E-state index >= 15 is 0 Å². The van der Waals surface area contributed by atoms with Gasteiger partial charge in [-0.3, -0.25) is 4.79 Å². The summed E-state index contributed by atoms with van der Waals surface area (Å²) < 4.78 is 15.6. The summed E-state index contributed by atoms with van der Waals surface area (Å²) in [5.74, 6) is 1.23. The molecule has 2 heterocycles. The Morgan fingerprint density at radius 2 is 2.08 bits per heavy atom. The number of esters is 1. The molecule has 0 spiro atoms. The van der Waals surface area contributed by atoms with Crippen LogP contribution in [-0.2, 0) is 22.6 Å². The number of hydrogen-bond acceptors (Lipinski definition) is 6. The summed E-state index contributed by atoms with van der Waals surface area (Å²) in [4.78, 5) is 12.8. The van der Waals surface area contributed by atoms with Crippen molar-refractivity contribution in [2.24, 2.45) is 0 Å². The second kappa shape index (κ2) is 7.79. The minimum atomic E-state index is -0.258. The van der Waals surface area contributed by atoms with Gasteiger partial charge in [-0.15, -0.1) is 11.3 Å². The minimum absolute atomic E-state index is 0.121. The molecular formula is C18H17NO4S. The van der Waals surface area contributed by atoms with Gasteiger partial charge in [-0.05, 0) is 35.6 Å². The van der Waals surface area contributed by atoms with Gasteiger partial charge in [0.1, 0.15) is 18.1 Å². The topological polar surface area (TPSA) is 61.6 Å². The maximum Gasteiger partial charge on any atom is 0.306 e. The number of hydrogen-bond donors (Lipinski definition) is 0. The average Bonchev–Trinajstić information content (AvgIpc) is 3.29. The van der Waals surface area contributed by atoms with Crippen LogP contribution in [0.3, 0.4) is 0 Å². The fourth-order valence-electron chi connectivity index (χ4n) is 2.18. The van der Waals surface area contributed by atoms with Crippen LogP contribution in [0.1, 0.15) is 17.7 Å². The third kappa shape index (κ3) is 4.23. The number of nitrogens with zero attached hydrogens (tertiary/aromatic N) is 1. The predicted octanol–water partition coefficient (Wildman–Crippen LogP) is 4.09. The molecule has 0 N–H and O–H groups in total. The van der Waals surface area contributed by atoms with E-state index in [0.29, 0.717) is 24.3 Å². The molecule has 0 radical (unpaired) electrons. The molecule has 1 aromatic carbocycles. The number of aromatic nitrogens is 1. The SMILES string of the molecule is COc1ccc(CCC(=O)OCc2cc(-c3cccs3)on2)cc1. The van der Waals surface area contributed by atoms with Crippen molar-refractivity contribution >= 4 is 17.3 Å². The standard InChI is InChI=1S/C18H17NO4S/c1-21-15-7-4-13(5-8-15)6-9-18(20)22-12-14-11-16(23-19-14)17-3-2-10-24-17/h2-5,7-8,10-11H,6,9,12H2,1H3. The first-order valence-corrected chi connectivity index (χ1v) is 8.40. The summed E-state index contributed by atoms with van der Waals surface area (Å²) in [6.07, 6.45) is 0.948. The summed E-state index contributed by atoms with van der Waals surface area (Å²) in [7, 11) is 1.63. The van der Waals surface area contributed by atoms with E-state index in [4.69, 9.17) is 14.0 Å². The predicted molar refractivity (Wildman–Crippen MR) is 90.9 cm³/mol. The molecule has 0 saturated heterocycles. The normalized spacial score (nSPS) is 10.5. The van der Waals surface area contributed by atoms with Crippen LogP contribution < -0.4 is 4.74 Å². The summed E-state index contributed by atoms with van der Waals surface area (Å²) in [5, 5.41) is 5.89. The highest BCUT2D eigenvalue weighted by Gasteiger charge is 2.10. The van der Waals surface area contributed by atoms with Crippen LogP contribution in [0.4, 0.5) is 0 Å². The molecule has 0 bridgehead atoms. The molecule has 124 valence electrons. The summed E-state index contributed by atoms with van der Waals surface area (Å²) >= 11 is 1.57. The van der Waals surface area contributed by atoms with Gasteiger partial charge in [-0.2, -0.15) is 0 Å². The van der Waals surface area contributed by atoms with Crippen molar-refractivity contribution in [3.05, 3.63) is 59.1 Å². The first-order chi connectivity index (χ1) is 11.7. The van der Waals surface area contributed by atoms with Crippen LogP contribution in [0.5, 0.6) is 5.75 Å². The van der Waals surface area contributed by atoms with Crippen LogP contribution in [0, 0.1) is 0 Å². The van der Waals surface area contributed by atoms with E-state index in [1.54, 1.807) is 24.5 Å². The first kappa shape index (κ1) is 16.3. The molecule has 0 atom stereocenters. The molecular weight excluding hydrogens is 326 g/mol. The lowest BCUT2D eigenvalue weighted by molar-refractivity contribution is -0.145. The highest BCUT2D eigenvalue weighted by molar-refractivity contribution is 7.13. The van der Waals surface area contributed by atoms with Crippen molar-refractivity contribution in [3.8, 4) is 16.4 Å². The lowest BCUT2D eigenvalue weighted by atomic mass is 10.1. The quantitative estimate of drug-likeness (QED) is 0.605. The van der Waals surface area contributed by atoms with Crippen LogP contribution in [0.15, 0.2) is 52.4 Å². The van der Waals surface area contributed by atoms with Gasteiger partial charge in [-0.25, -0.2) is 0 Å². The summed E-state index contributed by atoms with van der Waals surface area (Å²) in [6.45, 7) is 0.121. The Kier molecular flexibility index (Phi) is 5.28. The Balaban J connectivity index is 1.45. The molecule has 3 aromatic rings. The monoisotopic (exact) mass is 343 g/mol. The van der Waals surface area contributed by atoms with Gasteiger partial charge in [0, 0.05) is 12.5 Å². The number of aryl methyl sites for hydroxylation is 1. The molecule has 0 amide bonds. The fourth-order valence-corrected chi connectivity index (χ4v) is 2.85. The molecule has 0 unspecified atom stereocenters. The third-order valence-corrected chi connectivity index (χ3v) is 4.37. The zero-order valence-electron chi connectivity index (χ0n) is 13.2. The Labute approximate surface area is 143 Å². The smallest absolute Gasteiger partial charge is 0.306 e. The van der Waals surface area contributed by atoms with Crippen molar-refractivity contribution < 1.29 is 18.8 Å². The molecule has 6 heteroatoms. The van der Waals surface area contributed by atoms with Gasteiger partial charge >= 0.3 is 5.97 Å². The fraction of sp³-hybridized carbons (Fsp3) is 0.222. The highest BCUT2D eigenvalue weighted by Crippen LogP contribution is 2.25. The molecule has 0 aliphatic rings. The van der Waals surface area contributed by atoms with Gasteiger partial charge in [0.05, 0.1) is 12.0 Å². The lowest BCUT2D eigenvalue weighted by Gasteiger charge is -2.04. The highest BCUT2D eigenvalue weighted by atomic mass is 32.1. The number of thiophene rings is 1. The number of carbonyl (C=O) groups is 1. The second-order valence-corrected chi connectivity index (χ2v) is 6.12. The van der Waals surface area contributed by atoms with Gasteiger partial charge < -0.3 is 14.0 Å². The molecule has 2 aromatic heterocycles. The number of benzene rings is 1. The van der Waals surface area contributed by atoms with E-state index in [2.05, 4.69) is 5.16 Å². The van der Waals surface area contributed by atoms with E-state index in [9.17, 15) is 4.79 Å². The van der Waals surface area contributed by atoms with Crippen LogP contribution >= 0.6 is 11.3 Å². The maximum atomic E-state index is 11.8. The molecule has 24 heavy (non-hydrogen) atoms. The lowest BCUT2D eigenvalue weighted by Crippen LogP contribution is -2.06. The van der Waals surface area contributed by atoms with Gasteiger partial charge in [0.15, 0.2) is 5.76 Å². The molecule has 0 aliphatic heterocycles. The van der Waals surface area contributed by atoms with Crippen molar-refractivity contribution in [1.82, 2.24) is 5.16 Å². The Hall–Kier alpha value is -2.60. The van der Waals surface area contributed by atoms with E-state index in [0.717, 1.165) is 16.2 Å². The van der Waals surface area contributed by atoms with Gasteiger partial charge in [-0.1, -0.05) is 23.4 Å². The molecule has 3 rings (SSSR count). The average molecular weight is 343 g/mol. The minimum Gasteiger partial charge on any atom is -0.497 e. The Bertz CT molecular complexity index is 778. The number of ether oxygens (including phenoxy) is 2. The number of methoxy groups -OCH3 is 1.